The van der Waals surface area contributed by atoms with Crippen LogP contribution in [0.3, 0.4) is 0 Å². The van der Waals surface area contributed by atoms with E-state index in [9.17, 15) is 4.39 Å². The lowest BCUT2D eigenvalue weighted by Crippen LogP contribution is -2.37. The van der Waals surface area contributed by atoms with Crippen molar-refractivity contribution in [3.8, 4) is 11.1 Å². The highest BCUT2D eigenvalue weighted by Gasteiger charge is 2.20. The fourth-order valence-electron chi connectivity index (χ4n) is 3.60. The average Bonchev–Trinajstić information content (AvgIpc) is 2.75. The van der Waals surface area contributed by atoms with Gasteiger partial charge in [-0.1, -0.05) is 11.6 Å². The fraction of sp³-hybridized carbons (Fsp3) is 0.500. The molecular weight excluding hydrogens is 383 g/mol. The van der Waals surface area contributed by atoms with Crippen molar-refractivity contribution in [2.75, 3.05) is 56.3 Å². The molecule has 2 saturated heterocycles. The highest BCUT2D eigenvalue weighted by atomic mass is 35.5. The second-order valence-electron chi connectivity index (χ2n) is 7.12. The van der Waals surface area contributed by atoms with Crippen molar-refractivity contribution in [1.29, 1.82) is 0 Å². The summed E-state index contributed by atoms with van der Waals surface area (Å²) < 4.78 is 24.6. The van der Waals surface area contributed by atoms with Crippen LogP contribution in [0.4, 0.5) is 15.9 Å². The van der Waals surface area contributed by atoms with Gasteiger partial charge in [-0.15, -0.1) is 0 Å². The molecule has 4 heterocycles. The van der Waals surface area contributed by atoms with E-state index in [1.807, 2.05) is 6.07 Å². The third-order valence-corrected chi connectivity index (χ3v) is 5.53. The summed E-state index contributed by atoms with van der Waals surface area (Å²) in [7, 11) is 0. The summed E-state index contributed by atoms with van der Waals surface area (Å²) in [6, 6.07) is 3.34. The van der Waals surface area contributed by atoms with Gasteiger partial charge >= 0.3 is 0 Å². The minimum atomic E-state index is -0.562. The largest absolute Gasteiger partial charge is 0.382 e. The Balaban J connectivity index is 1.62. The van der Waals surface area contributed by atoms with Gasteiger partial charge in [-0.25, -0.2) is 9.97 Å². The van der Waals surface area contributed by atoms with Crippen LogP contribution in [-0.2, 0) is 9.47 Å². The van der Waals surface area contributed by atoms with E-state index in [1.54, 1.807) is 6.20 Å². The van der Waals surface area contributed by atoms with Crippen LogP contribution in [0.25, 0.3) is 11.1 Å². The second kappa shape index (κ2) is 9.03. The van der Waals surface area contributed by atoms with E-state index in [4.69, 9.17) is 26.1 Å². The van der Waals surface area contributed by atoms with Gasteiger partial charge in [0, 0.05) is 62.4 Å². The van der Waals surface area contributed by atoms with Gasteiger partial charge in [0.15, 0.2) is 5.82 Å². The molecule has 28 heavy (non-hydrogen) atoms. The molecule has 150 valence electrons. The maximum atomic E-state index is 13.7. The Morgan fingerprint density at radius 1 is 1.07 bits per heavy atom. The molecule has 6 nitrogen and oxygen atoms in total. The lowest BCUT2D eigenvalue weighted by molar-refractivity contribution is 0.0699. The van der Waals surface area contributed by atoms with Crippen molar-refractivity contribution in [1.82, 2.24) is 9.97 Å². The number of halogens is 2. The molecule has 0 unspecified atom stereocenters. The zero-order valence-corrected chi connectivity index (χ0v) is 16.4. The molecule has 0 spiro atoms. The third-order valence-electron chi connectivity index (χ3n) is 5.23. The molecule has 0 saturated carbocycles. The number of morpholine rings is 1. The SMILES string of the molecule is Fc1cc(-c2cnc(N3CCOCC3)c(NCC3CCOCC3)c2)c(Cl)cn1. The van der Waals surface area contributed by atoms with Crippen LogP contribution in [-0.4, -0.2) is 56.0 Å². The predicted molar refractivity (Wildman–Crippen MR) is 108 cm³/mol. The minimum Gasteiger partial charge on any atom is -0.382 e. The number of nitrogens with one attached hydrogen (secondary N) is 1. The van der Waals surface area contributed by atoms with Crippen LogP contribution >= 0.6 is 11.6 Å². The summed E-state index contributed by atoms with van der Waals surface area (Å²) in [5, 5.41) is 3.97. The molecule has 0 bridgehead atoms. The molecule has 2 aliphatic heterocycles. The predicted octanol–water partition coefficient (Wildman–Crippen LogP) is 3.61. The number of hydrogen-bond donors (Lipinski definition) is 1. The Hall–Kier alpha value is -1.96. The van der Waals surface area contributed by atoms with Crippen molar-refractivity contribution in [3.05, 3.63) is 35.5 Å². The maximum Gasteiger partial charge on any atom is 0.213 e. The molecule has 2 aromatic rings. The van der Waals surface area contributed by atoms with E-state index in [2.05, 4.69) is 15.2 Å². The lowest BCUT2D eigenvalue weighted by Gasteiger charge is -2.30. The first-order valence-corrected chi connectivity index (χ1v) is 10.0. The van der Waals surface area contributed by atoms with E-state index >= 15 is 0 Å². The van der Waals surface area contributed by atoms with Crippen molar-refractivity contribution in [2.45, 2.75) is 12.8 Å². The number of hydrogen-bond acceptors (Lipinski definition) is 6. The van der Waals surface area contributed by atoms with Crippen LogP contribution in [0.2, 0.25) is 5.02 Å². The molecule has 0 aromatic carbocycles. The summed E-state index contributed by atoms with van der Waals surface area (Å²) >= 11 is 6.25. The summed E-state index contributed by atoms with van der Waals surface area (Å²) in [5.41, 5.74) is 2.28. The molecule has 0 atom stereocenters. The van der Waals surface area contributed by atoms with Crippen molar-refractivity contribution >= 4 is 23.1 Å². The Morgan fingerprint density at radius 2 is 1.82 bits per heavy atom. The Kier molecular flexibility index (Phi) is 6.24. The molecule has 2 fully saturated rings. The molecule has 0 radical (unpaired) electrons. The van der Waals surface area contributed by atoms with E-state index in [0.717, 1.165) is 62.8 Å². The number of pyridine rings is 2. The van der Waals surface area contributed by atoms with Gasteiger partial charge in [-0.2, -0.15) is 4.39 Å². The zero-order chi connectivity index (χ0) is 19.3. The number of ether oxygens (including phenoxy) is 2. The molecule has 0 amide bonds. The molecular formula is C20H24ClFN4O2. The summed E-state index contributed by atoms with van der Waals surface area (Å²) in [6.45, 7) is 5.43. The monoisotopic (exact) mass is 406 g/mol. The zero-order valence-electron chi connectivity index (χ0n) is 15.7. The van der Waals surface area contributed by atoms with Gasteiger partial charge in [0.05, 0.1) is 23.9 Å². The second-order valence-corrected chi connectivity index (χ2v) is 7.53. The topological polar surface area (TPSA) is 59.5 Å². The van der Waals surface area contributed by atoms with Gasteiger partial charge in [0.1, 0.15) is 0 Å². The van der Waals surface area contributed by atoms with E-state index in [-0.39, 0.29) is 0 Å². The smallest absolute Gasteiger partial charge is 0.213 e. The molecule has 2 aromatic heterocycles. The van der Waals surface area contributed by atoms with Gasteiger partial charge in [-0.05, 0) is 24.8 Å². The third kappa shape index (κ3) is 4.54. The van der Waals surface area contributed by atoms with Crippen LogP contribution in [0.5, 0.6) is 0 Å². The van der Waals surface area contributed by atoms with Crippen LogP contribution in [0, 0.1) is 11.9 Å². The minimum absolute atomic E-state index is 0.401. The highest BCUT2D eigenvalue weighted by molar-refractivity contribution is 6.33. The number of nitrogens with zero attached hydrogens (tertiary/aromatic N) is 3. The average molecular weight is 407 g/mol. The summed E-state index contributed by atoms with van der Waals surface area (Å²) in [5.74, 6) is 0.898. The first-order chi connectivity index (χ1) is 13.7. The van der Waals surface area contributed by atoms with Crippen LogP contribution < -0.4 is 10.2 Å². The van der Waals surface area contributed by atoms with Gasteiger partial charge in [0.25, 0.3) is 0 Å². The first kappa shape index (κ1) is 19.4. The number of anilines is 2. The first-order valence-electron chi connectivity index (χ1n) is 9.66. The highest BCUT2D eigenvalue weighted by Crippen LogP contribution is 2.33. The summed E-state index contributed by atoms with van der Waals surface area (Å²) in [6.07, 6.45) is 5.17. The standard InChI is InChI=1S/C20H24ClFN4O2/c21-17-13-24-19(22)10-16(17)15-9-18(23-11-14-1-5-27-6-2-14)20(25-12-15)26-3-7-28-8-4-26/h9-10,12-14,23H,1-8,11H2. The Morgan fingerprint density at radius 3 is 2.61 bits per heavy atom. The molecule has 2 aliphatic rings. The maximum absolute atomic E-state index is 13.7. The van der Waals surface area contributed by atoms with Crippen molar-refractivity contribution in [3.63, 3.8) is 0 Å². The number of rotatable bonds is 5. The van der Waals surface area contributed by atoms with Gasteiger partial charge in [-0.3, -0.25) is 0 Å². The molecule has 1 N–H and O–H groups in total. The van der Waals surface area contributed by atoms with E-state index < -0.39 is 5.95 Å². The molecule has 0 aliphatic carbocycles. The van der Waals surface area contributed by atoms with Gasteiger partial charge < -0.3 is 19.7 Å². The van der Waals surface area contributed by atoms with E-state index in [1.165, 1.54) is 12.3 Å². The van der Waals surface area contributed by atoms with Gasteiger partial charge in [0.2, 0.25) is 5.95 Å². The number of aromatic nitrogens is 2. The normalized spacial score (nSPS) is 18.3. The Bertz CT molecular complexity index is 811. The fourth-order valence-corrected chi connectivity index (χ4v) is 3.81. The van der Waals surface area contributed by atoms with Crippen LogP contribution in [0.1, 0.15) is 12.8 Å². The van der Waals surface area contributed by atoms with Crippen molar-refractivity contribution < 1.29 is 13.9 Å². The lowest BCUT2D eigenvalue weighted by atomic mass is 10.0. The van der Waals surface area contributed by atoms with E-state index in [0.29, 0.717) is 29.7 Å². The Labute approximate surface area is 169 Å². The van der Waals surface area contributed by atoms with Crippen LogP contribution in [0.15, 0.2) is 24.5 Å². The molecule has 4 rings (SSSR count). The summed E-state index contributed by atoms with van der Waals surface area (Å²) in [4.78, 5) is 10.5. The quantitative estimate of drug-likeness (QED) is 0.765. The van der Waals surface area contributed by atoms with Crippen molar-refractivity contribution in [2.24, 2.45) is 5.92 Å². The molecule has 8 heteroatoms.